The zero-order chi connectivity index (χ0) is 25.2. The van der Waals surface area contributed by atoms with Gasteiger partial charge in [-0.3, -0.25) is 14.5 Å². The van der Waals surface area contributed by atoms with Gasteiger partial charge in [-0.25, -0.2) is 4.79 Å². The summed E-state index contributed by atoms with van der Waals surface area (Å²) in [4.78, 5) is 39.5. The molecule has 5 nitrogen and oxygen atoms in total. The van der Waals surface area contributed by atoms with Crippen LogP contribution in [0.25, 0.3) is 16.8 Å². The molecule has 1 heterocycles. The lowest BCUT2D eigenvalue weighted by Crippen LogP contribution is -2.27. The first kappa shape index (κ1) is 24.1. The minimum atomic E-state index is -0.612. The highest BCUT2D eigenvalue weighted by Crippen LogP contribution is 2.34. The summed E-state index contributed by atoms with van der Waals surface area (Å²) in [5.74, 6) is -0.641. The second kappa shape index (κ2) is 10.2. The number of imide groups is 1. The van der Waals surface area contributed by atoms with Crippen molar-refractivity contribution in [2.24, 2.45) is 0 Å². The molecule has 1 fully saturated rings. The van der Waals surface area contributed by atoms with Gasteiger partial charge in [-0.15, -0.1) is 0 Å². The Balaban J connectivity index is 1.27. The smallest absolute Gasteiger partial charge is 0.345 e. The van der Waals surface area contributed by atoms with Crippen molar-refractivity contribution in [3.63, 3.8) is 0 Å². The van der Waals surface area contributed by atoms with Crippen LogP contribution in [0.3, 0.4) is 0 Å². The predicted molar refractivity (Wildman–Crippen MR) is 143 cm³/mol. The Labute approximate surface area is 221 Å². The number of rotatable bonds is 5. The maximum atomic E-state index is 12.9. The van der Waals surface area contributed by atoms with E-state index < -0.39 is 5.97 Å². The predicted octanol–water partition coefficient (Wildman–Crippen LogP) is 7.60. The topological polar surface area (TPSA) is 63.7 Å². The second-order valence-electron chi connectivity index (χ2n) is 8.03. The second-order valence-corrected chi connectivity index (χ2v) is 9.87. The quantitative estimate of drug-likeness (QED) is 0.150. The van der Waals surface area contributed by atoms with Gasteiger partial charge in [0.2, 0.25) is 0 Å². The number of carbonyl (C=O) groups is 3. The molecule has 0 atom stereocenters. The fraction of sp³-hybridized carbons (Fsp3) is 0.0357. The van der Waals surface area contributed by atoms with Crippen LogP contribution >= 0.6 is 35.0 Å². The molecule has 0 saturated carbocycles. The number of benzene rings is 4. The van der Waals surface area contributed by atoms with Crippen LogP contribution in [0.5, 0.6) is 5.75 Å². The largest absolute Gasteiger partial charge is 0.423 e. The first-order chi connectivity index (χ1) is 17.4. The van der Waals surface area contributed by atoms with Crippen molar-refractivity contribution in [2.45, 2.75) is 6.54 Å². The van der Waals surface area contributed by atoms with Gasteiger partial charge in [-0.05, 0) is 76.1 Å². The van der Waals surface area contributed by atoms with Crippen molar-refractivity contribution < 1.29 is 19.1 Å². The van der Waals surface area contributed by atoms with Gasteiger partial charge in [0.25, 0.3) is 11.1 Å². The van der Waals surface area contributed by atoms with E-state index in [-0.39, 0.29) is 28.3 Å². The van der Waals surface area contributed by atoms with Crippen LogP contribution in [-0.2, 0) is 11.3 Å². The highest BCUT2D eigenvalue weighted by Gasteiger charge is 2.35. The highest BCUT2D eigenvalue weighted by molar-refractivity contribution is 8.18. The van der Waals surface area contributed by atoms with E-state index in [1.807, 2.05) is 42.5 Å². The van der Waals surface area contributed by atoms with Gasteiger partial charge in [-0.2, -0.15) is 0 Å². The maximum Gasteiger partial charge on any atom is 0.345 e. The van der Waals surface area contributed by atoms with Gasteiger partial charge < -0.3 is 4.74 Å². The normalized spacial score (nSPS) is 14.6. The fourth-order valence-corrected chi connectivity index (χ4v) is 5.08. The van der Waals surface area contributed by atoms with E-state index in [0.29, 0.717) is 21.2 Å². The Morgan fingerprint density at radius 1 is 0.889 bits per heavy atom. The van der Waals surface area contributed by atoms with E-state index in [2.05, 4.69) is 0 Å². The first-order valence-electron chi connectivity index (χ1n) is 10.9. The molecule has 178 valence electrons. The Hall–Kier alpha value is -3.58. The summed E-state index contributed by atoms with van der Waals surface area (Å²) >= 11 is 12.8. The number of esters is 1. The van der Waals surface area contributed by atoms with Crippen LogP contribution in [0.15, 0.2) is 89.8 Å². The number of fused-ring (bicyclic) bond motifs is 1. The molecule has 0 aromatic heterocycles. The lowest BCUT2D eigenvalue weighted by atomic mass is 10.1. The molecule has 0 N–H and O–H groups in total. The number of thioether (sulfide) groups is 1. The van der Waals surface area contributed by atoms with Crippen LogP contribution in [-0.4, -0.2) is 22.0 Å². The van der Waals surface area contributed by atoms with Gasteiger partial charge in [0.15, 0.2) is 0 Å². The van der Waals surface area contributed by atoms with Gasteiger partial charge in [0, 0.05) is 5.02 Å². The molecule has 0 radical (unpaired) electrons. The van der Waals surface area contributed by atoms with Crippen molar-refractivity contribution in [3.05, 3.63) is 117 Å². The zero-order valence-electron chi connectivity index (χ0n) is 18.6. The van der Waals surface area contributed by atoms with Gasteiger partial charge in [0.05, 0.1) is 22.0 Å². The van der Waals surface area contributed by atoms with E-state index >= 15 is 0 Å². The number of nitrogens with zero attached hydrogens (tertiary/aromatic N) is 1. The lowest BCUT2D eigenvalue weighted by molar-refractivity contribution is -0.123. The summed E-state index contributed by atoms with van der Waals surface area (Å²) in [6.07, 6.45) is 1.65. The number of hydrogen-bond donors (Lipinski definition) is 0. The molecule has 5 rings (SSSR count). The van der Waals surface area contributed by atoms with E-state index in [9.17, 15) is 14.4 Å². The molecule has 1 saturated heterocycles. The molecular weight excluding hydrogens is 517 g/mol. The van der Waals surface area contributed by atoms with Crippen molar-refractivity contribution in [3.8, 4) is 5.75 Å². The molecule has 1 aliphatic heterocycles. The van der Waals surface area contributed by atoms with Crippen molar-refractivity contribution in [1.82, 2.24) is 4.90 Å². The van der Waals surface area contributed by atoms with Crippen molar-refractivity contribution in [1.29, 1.82) is 0 Å². The van der Waals surface area contributed by atoms with Crippen LogP contribution < -0.4 is 4.74 Å². The van der Waals surface area contributed by atoms with E-state index in [1.54, 1.807) is 36.4 Å². The van der Waals surface area contributed by atoms with Crippen LogP contribution in [0.1, 0.15) is 21.5 Å². The minimum Gasteiger partial charge on any atom is -0.423 e. The monoisotopic (exact) mass is 533 g/mol. The number of hydrogen-bond acceptors (Lipinski definition) is 5. The molecule has 0 spiro atoms. The average Bonchev–Trinajstić information content (AvgIpc) is 3.12. The SMILES string of the molecule is O=C(Oc1ccc(/C=C2\SC(=O)N(Cc3ccc4ccccc4c3)C2=O)cc1)c1ccc(Cl)cc1Cl. The lowest BCUT2D eigenvalue weighted by Gasteiger charge is -2.13. The number of carbonyl (C=O) groups excluding carboxylic acids is 3. The highest BCUT2D eigenvalue weighted by atomic mass is 35.5. The molecule has 4 aromatic rings. The molecule has 36 heavy (non-hydrogen) atoms. The van der Waals surface area contributed by atoms with E-state index in [0.717, 1.165) is 28.1 Å². The van der Waals surface area contributed by atoms with Gasteiger partial charge in [-0.1, -0.05) is 71.7 Å². The third-order valence-electron chi connectivity index (χ3n) is 5.57. The fourth-order valence-electron chi connectivity index (χ4n) is 3.76. The number of ether oxygens (including phenoxy) is 1. The summed E-state index contributed by atoms with van der Waals surface area (Å²) < 4.78 is 5.38. The molecule has 4 aromatic carbocycles. The van der Waals surface area contributed by atoms with E-state index in [4.69, 9.17) is 27.9 Å². The van der Waals surface area contributed by atoms with Crippen LogP contribution in [0, 0.1) is 0 Å². The Morgan fingerprint density at radius 2 is 1.64 bits per heavy atom. The minimum absolute atomic E-state index is 0.198. The van der Waals surface area contributed by atoms with Crippen molar-refractivity contribution >= 4 is 68.9 Å². The summed E-state index contributed by atoms with van der Waals surface area (Å²) in [6, 6.07) is 24.9. The average molecular weight is 534 g/mol. The standard InChI is InChI=1S/C28H17Cl2NO4S/c29-21-9-12-23(24(30)15-21)27(33)35-22-10-6-17(7-11-22)14-25-26(32)31(28(34)36-25)16-18-5-8-19-3-1-2-4-20(19)13-18/h1-15H,16H2/b25-14-. The Kier molecular flexibility index (Phi) is 6.83. The summed E-state index contributed by atoms with van der Waals surface area (Å²) in [6.45, 7) is 0.203. The number of amides is 2. The Morgan fingerprint density at radius 3 is 2.39 bits per heavy atom. The molecule has 0 unspecified atom stereocenters. The molecule has 2 amide bonds. The molecule has 0 aliphatic carbocycles. The van der Waals surface area contributed by atoms with Crippen molar-refractivity contribution in [2.75, 3.05) is 0 Å². The summed E-state index contributed by atoms with van der Waals surface area (Å²) in [5.41, 5.74) is 1.77. The summed E-state index contributed by atoms with van der Waals surface area (Å²) in [5, 5.41) is 2.45. The third-order valence-corrected chi connectivity index (χ3v) is 7.02. The van der Waals surface area contributed by atoms with Crippen LogP contribution in [0.2, 0.25) is 10.0 Å². The van der Waals surface area contributed by atoms with Gasteiger partial charge >= 0.3 is 5.97 Å². The molecular formula is C28H17Cl2NO4S. The maximum absolute atomic E-state index is 12.9. The Bertz CT molecular complexity index is 1550. The molecule has 8 heteroatoms. The van der Waals surface area contributed by atoms with Gasteiger partial charge in [0.1, 0.15) is 5.75 Å². The molecule has 0 bridgehead atoms. The first-order valence-corrected chi connectivity index (χ1v) is 12.4. The summed E-state index contributed by atoms with van der Waals surface area (Å²) in [7, 11) is 0. The van der Waals surface area contributed by atoms with E-state index in [1.165, 1.54) is 17.0 Å². The number of halogens is 2. The van der Waals surface area contributed by atoms with Crippen LogP contribution in [0.4, 0.5) is 4.79 Å². The molecule has 1 aliphatic rings. The third kappa shape index (κ3) is 5.16. The zero-order valence-corrected chi connectivity index (χ0v) is 20.9.